The fourth-order valence-electron chi connectivity index (χ4n) is 3.72. The molecule has 1 aromatic carbocycles. The SMILES string of the molecule is C[C@H](C(=O)NC1CCN(Cc2cccnc2)CC1)n1cnc2ccccc21. The number of imidazole rings is 1. The third kappa shape index (κ3) is 4.01. The van der Waals surface area contributed by atoms with Crippen molar-refractivity contribution < 1.29 is 4.79 Å². The molecule has 1 N–H and O–H groups in total. The monoisotopic (exact) mass is 363 g/mol. The number of piperidine rings is 1. The molecule has 6 nitrogen and oxygen atoms in total. The molecule has 0 aliphatic carbocycles. The number of rotatable bonds is 5. The second kappa shape index (κ2) is 7.88. The highest BCUT2D eigenvalue weighted by Crippen LogP contribution is 2.19. The van der Waals surface area contributed by atoms with Crippen LogP contribution in [0.5, 0.6) is 0 Å². The normalized spacial score (nSPS) is 17.1. The summed E-state index contributed by atoms with van der Waals surface area (Å²) in [6.45, 7) is 4.83. The van der Waals surface area contributed by atoms with Crippen molar-refractivity contribution >= 4 is 16.9 Å². The van der Waals surface area contributed by atoms with Crippen LogP contribution < -0.4 is 5.32 Å². The summed E-state index contributed by atoms with van der Waals surface area (Å²) in [5.41, 5.74) is 3.15. The maximum atomic E-state index is 12.7. The summed E-state index contributed by atoms with van der Waals surface area (Å²) in [7, 11) is 0. The number of benzene rings is 1. The molecule has 0 spiro atoms. The van der Waals surface area contributed by atoms with E-state index in [2.05, 4.69) is 26.3 Å². The molecule has 6 heteroatoms. The Bertz CT molecular complexity index is 899. The number of carbonyl (C=O) groups excluding carboxylic acids is 1. The van der Waals surface area contributed by atoms with Crippen molar-refractivity contribution in [1.29, 1.82) is 0 Å². The minimum Gasteiger partial charge on any atom is -0.351 e. The molecule has 140 valence electrons. The number of fused-ring (bicyclic) bond motifs is 1. The van der Waals surface area contributed by atoms with Gasteiger partial charge in [-0.05, 0) is 43.5 Å². The summed E-state index contributed by atoms with van der Waals surface area (Å²) >= 11 is 0. The number of amides is 1. The van der Waals surface area contributed by atoms with Gasteiger partial charge in [0, 0.05) is 38.1 Å². The second-order valence-corrected chi connectivity index (χ2v) is 7.24. The second-order valence-electron chi connectivity index (χ2n) is 7.24. The molecule has 0 unspecified atom stereocenters. The number of likely N-dealkylation sites (tertiary alicyclic amines) is 1. The summed E-state index contributed by atoms with van der Waals surface area (Å²) in [5.74, 6) is 0.0591. The van der Waals surface area contributed by atoms with Gasteiger partial charge in [0.2, 0.25) is 5.91 Å². The number of para-hydroxylation sites is 2. The average Bonchev–Trinajstić information content (AvgIpc) is 3.14. The molecule has 4 rings (SSSR count). The predicted molar refractivity (Wildman–Crippen MR) is 105 cm³/mol. The molecule has 1 atom stereocenters. The average molecular weight is 363 g/mol. The van der Waals surface area contributed by atoms with Gasteiger partial charge in [-0.15, -0.1) is 0 Å². The maximum Gasteiger partial charge on any atom is 0.243 e. The first-order valence-electron chi connectivity index (χ1n) is 9.54. The lowest BCUT2D eigenvalue weighted by Crippen LogP contribution is -2.46. The maximum absolute atomic E-state index is 12.7. The fraction of sp³-hybridized carbons (Fsp3) is 0.381. The zero-order valence-corrected chi connectivity index (χ0v) is 15.6. The molecule has 27 heavy (non-hydrogen) atoms. The summed E-state index contributed by atoms with van der Waals surface area (Å²) < 4.78 is 1.95. The van der Waals surface area contributed by atoms with Crippen LogP contribution in [-0.4, -0.2) is 44.5 Å². The van der Waals surface area contributed by atoms with Crippen molar-refractivity contribution in [2.45, 2.75) is 38.4 Å². The lowest BCUT2D eigenvalue weighted by Gasteiger charge is -2.33. The standard InChI is InChI=1S/C21H25N5O/c1-16(26-15-23-19-6-2-3-7-20(19)26)21(27)24-18-8-11-25(12-9-18)14-17-5-4-10-22-13-17/h2-7,10,13,15-16,18H,8-9,11-12,14H2,1H3,(H,24,27)/t16-/m1/s1. The number of carbonyl (C=O) groups is 1. The Hall–Kier alpha value is -2.73. The van der Waals surface area contributed by atoms with Crippen LogP contribution in [0.25, 0.3) is 11.0 Å². The van der Waals surface area contributed by atoms with Gasteiger partial charge in [-0.2, -0.15) is 0 Å². The number of aromatic nitrogens is 3. The minimum absolute atomic E-state index is 0.0591. The van der Waals surface area contributed by atoms with Gasteiger partial charge in [-0.1, -0.05) is 18.2 Å². The minimum atomic E-state index is -0.272. The highest BCUT2D eigenvalue weighted by atomic mass is 16.2. The number of hydrogen-bond donors (Lipinski definition) is 1. The van der Waals surface area contributed by atoms with Gasteiger partial charge in [-0.3, -0.25) is 14.7 Å². The van der Waals surface area contributed by atoms with Gasteiger partial charge in [0.25, 0.3) is 0 Å². The lowest BCUT2D eigenvalue weighted by molar-refractivity contribution is -0.124. The first-order chi connectivity index (χ1) is 13.2. The number of pyridine rings is 1. The van der Waals surface area contributed by atoms with E-state index in [9.17, 15) is 4.79 Å². The smallest absolute Gasteiger partial charge is 0.243 e. The van der Waals surface area contributed by atoms with Crippen molar-refractivity contribution in [3.8, 4) is 0 Å². The van der Waals surface area contributed by atoms with Crippen molar-refractivity contribution in [2.75, 3.05) is 13.1 Å². The quantitative estimate of drug-likeness (QED) is 0.757. The van der Waals surface area contributed by atoms with Gasteiger partial charge < -0.3 is 9.88 Å². The van der Waals surface area contributed by atoms with Gasteiger partial charge >= 0.3 is 0 Å². The van der Waals surface area contributed by atoms with Crippen molar-refractivity contribution in [2.24, 2.45) is 0 Å². The topological polar surface area (TPSA) is 63.1 Å². The first-order valence-corrected chi connectivity index (χ1v) is 9.54. The Morgan fingerprint density at radius 2 is 2.04 bits per heavy atom. The summed E-state index contributed by atoms with van der Waals surface area (Å²) in [4.78, 5) is 23.7. The van der Waals surface area contributed by atoms with Crippen LogP contribution in [0.2, 0.25) is 0 Å². The molecule has 1 fully saturated rings. The van der Waals surface area contributed by atoms with Crippen LogP contribution in [-0.2, 0) is 11.3 Å². The molecule has 1 aliphatic rings. The summed E-state index contributed by atoms with van der Waals surface area (Å²) in [6, 6.07) is 12.0. The van der Waals surface area contributed by atoms with Gasteiger partial charge in [0.1, 0.15) is 6.04 Å². The van der Waals surface area contributed by atoms with E-state index in [1.165, 1.54) is 5.56 Å². The van der Waals surface area contributed by atoms with E-state index in [-0.39, 0.29) is 18.0 Å². The molecule has 0 radical (unpaired) electrons. The molecule has 1 saturated heterocycles. The summed E-state index contributed by atoms with van der Waals surface area (Å²) in [5, 5.41) is 3.23. The zero-order valence-electron chi connectivity index (χ0n) is 15.6. The van der Waals surface area contributed by atoms with Crippen molar-refractivity contribution in [1.82, 2.24) is 24.8 Å². The third-order valence-electron chi connectivity index (χ3n) is 5.34. The van der Waals surface area contributed by atoms with Crippen LogP contribution >= 0.6 is 0 Å². The Balaban J connectivity index is 1.31. The van der Waals surface area contributed by atoms with E-state index in [1.54, 1.807) is 12.5 Å². The van der Waals surface area contributed by atoms with Crippen LogP contribution in [0.4, 0.5) is 0 Å². The molecular formula is C21H25N5O. The van der Waals surface area contributed by atoms with E-state index in [4.69, 9.17) is 0 Å². The van der Waals surface area contributed by atoms with Crippen LogP contribution in [0.1, 0.15) is 31.4 Å². The largest absolute Gasteiger partial charge is 0.351 e. The molecular weight excluding hydrogens is 338 g/mol. The van der Waals surface area contributed by atoms with E-state index in [0.717, 1.165) is 43.5 Å². The Morgan fingerprint density at radius 3 is 2.81 bits per heavy atom. The molecule has 0 saturated carbocycles. The number of nitrogens with zero attached hydrogens (tertiary/aromatic N) is 4. The van der Waals surface area contributed by atoms with E-state index < -0.39 is 0 Å². The molecule has 3 heterocycles. The highest BCUT2D eigenvalue weighted by molar-refractivity contribution is 5.83. The van der Waals surface area contributed by atoms with Crippen molar-refractivity contribution in [3.05, 3.63) is 60.7 Å². The highest BCUT2D eigenvalue weighted by Gasteiger charge is 2.24. The van der Waals surface area contributed by atoms with Gasteiger partial charge in [-0.25, -0.2) is 4.98 Å². The van der Waals surface area contributed by atoms with Crippen LogP contribution in [0.15, 0.2) is 55.1 Å². The first kappa shape index (κ1) is 17.7. The third-order valence-corrected chi connectivity index (χ3v) is 5.34. The lowest BCUT2D eigenvalue weighted by atomic mass is 10.0. The summed E-state index contributed by atoms with van der Waals surface area (Å²) in [6.07, 6.45) is 7.43. The van der Waals surface area contributed by atoms with Crippen molar-refractivity contribution in [3.63, 3.8) is 0 Å². The Kier molecular flexibility index (Phi) is 5.16. The van der Waals surface area contributed by atoms with E-state index in [1.807, 2.05) is 48.0 Å². The molecule has 1 aliphatic heterocycles. The number of hydrogen-bond acceptors (Lipinski definition) is 4. The fourth-order valence-corrected chi connectivity index (χ4v) is 3.72. The van der Waals surface area contributed by atoms with Crippen LogP contribution in [0, 0.1) is 0 Å². The van der Waals surface area contributed by atoms with Gasteiger partial charge in [0.15, 0.2) is 0 Å². The van der Waals surface area contributed by atoms with E-state index in [0.29, 0.717) is 0 Å². The van der Waals surface area contributed by atoms with E-state index >= 15 is 0 Å². The predicted octanol–water partition coefficient (Wildman–Crippen LogP) is 2.77. The zero-order chi connectivity index (χ0) is 18.6. The van der Waals surface area contributed by atoms with Gasteiger partial charge in [0.05, 0.1) is 17.4 Å². The Morgan fingerprint density at radius 1 is 1.22 bits per heavy atom. The molecule has 3 aromatic rings. The molecule has 2 aromatic heterocycles. The number of nitrogens with one attached hydrogen (secondary N) is 1. The van der Waals surface area contributed by atoms with Crippen LogP contribution in [0.3, 0.4) is 0 Å². The molecule has 0 bridgehead atoms. The molecule has 1 amide bonds. The Labute approximate surface area is 159 Å².